The molecule has 2 heterocycles. The number of carbonyl (C=O) groups is 1. The Labute approximate surface area is 178 Å². The van der Waals surface area contributed by atoms with Gasteiger partial charge in [0.05, 0.1) is 22.3 Å². The number of fused-ring (bicyclic) bond motifs is 1. The number of rotatable bonds is 4. The molecule has 156 valence electrons. The number of aliphatic hydroxyl groups is 1. The summed E-state index contributed by atoms with van der Waals surface area (Å²) < 4.78 is 39.2. The number of nitrogens with one attached hydrogen (secondary N) is 1. The number of alkyl halides is 3. The van der Waals surface area contributed by atoms with Crippen LogP contribution in [-0.2, 0) is 6.18 Å². The van der Waals surface area contributed by atoms with E-state index in [1.165, 1.54) is 12.1 Å². The van der Waals surface area contributed by atoms with Crippen molar-refractivity contribution in [1.29, 1.82) is 0 Å². The first-order chi connectivity index (χ1) is 14.7. The van der Waals surface area contributed by atoms with Crippen molar-refractivity contribution in [3.63, 3.8) is 0 Å². The Kier molecular flexibility index (Phi) is 5.20. The van der Waals surface area contributed by atoms with Crippen molar-refractivity contribution in [2.75, 3.05) is 5.32 Å². The van der Waals surface area contributed by atoms with Gasteiger partial charge in [-0.25, -0.2) is 9.97 Å². The third kappa shape index (κ3) is 4.26. The molecule has 0 aliphatic heterocycles. The summed E-state index contributed by atoms with van der Waals surface area (Å²) >= 11 is 1.12. The number of nitrogens with zero attached hydrogens (tertiary/aromatic N) is 2. The third-order valence-electron chi connectivity index (χ3n) is 4.47. The summed E-state index contributed by atoms with van der Waals surface area (Å²) in [6.45, 7) is 3.38. The molecule has 2 aromatic carbocycles. The van der Waals surface area contributed by atoms with Gasteiger partial charge in [-0.05, 0) is 24.3 Å². The minimum absolute atomic E-state index is 0.214. The molecule has 9 heteroatoms. The normalized spacial score (nSPS) is 11.5. The van der Waals surface area contributed by atoms with Gasteiger partial charge in [-0.2, -0.15) is 13.2 Å². The molecule has 2 N–H and O–H groups in total. The number of para-hydroxylation sites is 1. The first-order valence-corrected chi connectivity index (χ1v) is 9.83. The monoisotopic (exact) mass is 441 g/mol. The van der Waals surface area contributed by atoms with Crippen LogP contribution in [0.5, 0.6) is 0 Å². The van der Waals surface area contributed by atoms with E-state index in [0.29, 0.717) is 16.6 Å². The maximum atomic E-state index is 13.1. The number of carbonyl (C=O) groups excluding carboxylic acids is 1. The van der Waals surface area contributed by atoms with Crippen molar-refractivity contribution in [3.8, 4) is 11.3 Å². The molecule has 2 aromatic heterocycles. The molecule has 0 spiro atoms. The van der Waals surface area contributed by atoms with Crippen molar-refractivity contribution >= 4 is 39.0 Å². The van der Waals surface area contributed by atoms with E-state index >= 15 is 0 Å². The molecule has 4 aromatic rings. The number of hydrogen-bond donors (Lipinski definition) is 2. The minimum Gasteiger partial charge on any atom is -0.506 e. The lowest BCUT2D eigenvalue weighted by molar-refractivity contribution is -0.137. The second-order valence-electron chi connectivity index (χ2n) is 6.59. The Morgan fingerprint density at radius 2 is 1.84 bits per heavy atom. The molecule has 0 bridgehead atoms. The van der Waals surface area contributed by atoms with Gasteiger partial charge in [0, 0.05) is 16.3 Å². The molecule has 0 aliphatic carbocycles. The summed E-state index contributed by atoms with van der Waals surface area (Å²) in [5.74, 6) is -0.696. The zero-order chi connectivity index (χ0) is 22.2. The van der Waals surface area contributed by atoms with Gasteiger partial charge in [0.25, 0.3) is 5.91 Å². The highest BCUT2D eigenvalue weighted by Crippen LogP contribution is 2.32. The van der Waals surface area contributed by atoms with Crippen LogP contribution in [-0.4, -0.2) is 21.0 Å². The topological polar surface area (TPSA) is 75.1 Å². The number of amides is 1. The van der Waals surface area contributed by atoms with Crippen LogP contribution < -0.4 is 5.32 Å². The summed E-state index contributed by atoms with van der Waals surface area (Å²) in [6.07, 6.45) is -4.47. The molecule has 1 amide bonds. The molecule has 31 heavy (non-hydrogen) atoms. The van der Waals surface area contributed by atoms with Gasteiger partial charge >= 0.3 is 6.18 Å². The van der Waals surface area contributed by atoms with Crippen LogP contribution in [0.15, 0.2) is 66.6 Å². The fourth-order valence-electron chi connectivity index (χ4n) is 2.97. The van der Waals surface area contributed by atoms with E-state index in [4.69, 9.17) is 0 Å². The lowest BCUT2D eigenvalue weighted by Crippen LogP contribution is -2.13. The fraction of sp³-hybridized carbons (Fsp3) is 0.0455. The Morgan fingerprint density at radius 1 is 1.06 bits per heavy atom. The second kappa shape index (κ2) is 7.84. The maximum absolute atomic E-state index is 13.1. The molecule has 4 rings (SSSR count). The van der Waals surface area contributed by atoms with Gasteiger partial charge in [0.15, 0.2) is 5.13 Å². The average molecular weight is 441 g/mol. The molecule has 0 atom stereocenters. The first-order valence-electron chi connectivity index (χ1n) is 8.95. The van der Waals surface area contributed by atoms with E-state index < -0.39 is 17.6 Å². The van der Waals surface area contributed by atoms with Crippen molar-refractivity contribution in [3.05, 3.63) is 83.4 Å². The quantitative estimate of drug-likeness (QED) is 0.372. The van der Waals surface area contributed by atoms with Crippen LogP contribution in [0.3, 0.4) is 0 Å². The van der Waals surface area contributed by atoms with Gasteiger partial charge in [-0.1, -0.05) is 36.9 Å². The number of aliphatic hydroxyl groups excluding tert-OH is 1. The second-order valence-corrected chi connectivity index (χ2v) is 7.45. The van der Waals surface area contributed by atoms with Gasteiger partial charge in [-0.15, -0.1) is 11.3 Å². The molecule has 0 unspecified atom stereocenters. The van der Waals surface area contributed by atoms with Crippen molar-refractivity contribution in [2.24, 2.45) is 0 Å². The number of benzene rings is 2. The van der Waals surface area contributed by atoms with Crippen LogP contribution in [0.4, 0.5) is 18.3 Å². The lowest BCUT2D eigenvalue weighted by atomic mass is 10.0. The van der Waals surface area contributed by atoms with Crippen LogP contribution >= 0.6 is 11.3 Å². The third-order valence-corrected chi connectivity index (χ3v) is 5.23. The number of thiazole rings is 1. The molecule has 0 aliphatic rings. The van der Waals surface area contributed by atoms with Crippen molar-refractivity contribution < 1.29 is 23.1 Å². The first kappa shape index (κ1) is 20.5. The fourth-order valence-corrected chi connectivity index (χ4v) is 3.69. The van der Waals surface area contributed by atoms with Crippen molar-refractivity contribution in [1.82, 2.24) is 9.97 Å². The predicted molar refractivity (Wildman–Crippen MR) is 114 cm³/mol. The average Bonchev–Trinajstić information content (AvgIpc) is 3.21. The van der Waals surface area contributed by atoms with E-state index in [2.05, 4.69) is 21.9 Å². The summed E-state index contributed by atoms with van der Waals surface area (Å²) in [5.41, 5.74) is 0.667. The molecule has 0 saturated heterocycles. The van der Waals surface area contributed by atoms with E-state index in [9.17, 15) is 23.1 Å². The van der Waals surface area contributed by atoms with Crippen LogP contribution in [0, 0.1) is 0 Å². The Bertz CT molecular complexity index is 1310. The highest BCUT2D eigenvalue weighted by atomic mass is 32.1. The summed E-state index contributed by atoms with van der Waals surface area (Å²) in [7, 11) is 0. The van der Waals surface area contributed by atoms with Crippen molar-refractivity contribution in [2.45, 2.75) is 6.18 Å². The Hall–Kier alpha value is -3.72. The van der Waals surface area contributed by atoms with E-state index in [-0.39, 0.29) is 27.7 Å². The summed E-state index contributed by atoms with van der Waals surface area (Å²) in [5, 5.41) is 14.5. The minimum atomic E-state index is -4.47. The van der Waals surface area contributed by atoms with E-state index in [1.807, 2.05) is 0 Å². The number of hydrogen-bond acceptors (Lipinski definition) is 5. The Morgan fingerprint density at radius 3 is 2.55 bits per heavy atom. The lowest BCUT2D eigenvalue weighted by Gasteiger charge is -2.10. The molecular weight excluding hydrogens is 427 g/mol. The highest BCUT2D eigenvalue weighted by molar-refractivity contribution is 7.14. The number of pyridine rings is 1. The zero-order valence-corrected chi connectivity index (χ0v) is 16.6. The van der Waals surface area contributed by atoms with E-state index in [0.717, 1.165) is 23.5 Å². The van der Waals surface area contributed by atoms with Gasteiger partial charge < -0.3 is 5.11 Å². The smallest absolute Gasteiger partial charge is 0.416 e. The van der Waals surface area contributed by atoms with Gasteiger partial charge in [0.2, 0.25) is 0 Å². The zero-order valence-electron chi connectivity index (χ0n) is 15.8. The summed E-state index contributed by atoms with van der Waals surface area (Å²) in [4.78, 5) is 21.4. The largest absolute Gasteiger partial charge is 0.506 e. The van der Waals surface area contributed by atoms with Crippen LogP contribution in [0.2, 0.25) is 0 Å². The van der Waals surface area contributed by atoms with Gasteiger partial charge in [-0.3, -0.25) is 10.1 Å². The predicted octanol–water partition coefficient (Wildman–Crippen LogP) is 6.16. The number of anilines is 1. The SMILES string of the molecule is C=C(O)c1csc(NC(=O)c2cccc3ccc(-c4cccc(C(F)(F)F)c4)nc23)n1. The molecule has 5 nitrogen and oxygen atoms in total. The highest BCUT2D eigenvalue weighted by Gasteiger charge is 2.30. The molecule has 0 radical (unpaired) electrons. The molecule has 0 saturated carbocycles. The van der Waals surface area contributed by atoms with Crippen LogP contribution in [0.1, 0.15) is 21.6 Å². The standard InChI is InChI=1S/C22H14F3N3O2S/c1-12(29)18-11-31-21(27-18)28-20(30)16-7-3-4-13-8-9-17(26-19(13)16)14-5-2-6-15(10-14)22(23,24)25/h2-11,29H,1H2,(H,27,28,30). The maximum Gasteiger partial charge on any atom is 0.416 e. The van der Waals surface area contributed by atoms with E-state index in [1.54, 1.807) is 35.7 Å². The Balaban J connectivity index is 1.72. The number of aromatic nitrogens is 2. The van der Waals surface area contributed by atoms with Crippen LogP contribution in [0.25, 0.3) is 27.9 Å². The molecular formula is C22H14F3N3O2S. The number of halogens is 3. The molecule has 0 fully saturated rings. The van der Waals surface area contributed by atoms with Gasteiger partial charge in [0.1, 0.15) is 11.5 Å². The summed E-state index contributed by atoms with van der Waals surface area (Å²) in [6, 6.07) is 13.2.